The van der Waals surface area contributed by atoms with E-state index in [9.17, 15) is 4.39 Å². The lowest BCUT2D eigenvalue weighted by atomic mass is 10.1. The number of pyridine rings is 1. The van der Waals surface area contributed by atoms with Crippen LogP contribution in [0.4, 0.5) is 10.2 Å². The summed E-state index contributed by atoms with van der Waals surface area (Å²) >= 11 is 6.63. The van der Waals surface area contributed by atoms with Gasteiger partial charge in [0.05, 0.1) is 22.9 Å². The number of rotatable bonds is 7. The molecule has 0 radical (unpaired) electrons. The minimum atomic E-state index is -0.328. The van der Waals surface area contributed by atoms with Gasteiger partial charge in [-0.2, -0.15) is 0 Å². The number of imidazole rings is 1. The van der Waals surface area contributed by atoms with Crippen molar-refractivity contribution >= 4 is 34.1 Å². The molecule has 3 heterocycles. The third-order valence-electron chi connectivity index (χ3n) is 6.07. The van der Waals surface area contributed by atoms with Crippen LogP contribution in [0.2, 0.25) is 5.02 Å². The molecule has 0 bridgehead atoms. The van der Waals surface area contributed by atoms with Gasteiger partial charge >= 0.3 is 0 Å². The van der Waals surface area contributed by atoms with Crippen LogP contribution in [0, 0.1) is 5.82 Å². The first-order valence-electron chi connectivity index (χ1n) is 11.3. The lowest BCUT2D eigenvalue weighted by Crippen LogP contribution is -2.15. The molecule has 2 N–H and O–H groups in total. The molecule has 1 saturated carbocycles. The topological polar surface area (TPSA) is 67.1 Å². The predicted octanol–water partition coefficient (Wildman–Crippen LogP) is 5.60. The fourth-order valence-corrected chi connectivity index (χ4v) is 4.35. The van der Waals surface area contributed by atoms with E-state index in [1.165, 1.54) is 25.0 Å². The second-order valence-electron chi connectivity index (χ2n) is 8.57. The monoisotopic (exact) mass is 472 g/mol. The molecule has 5 aromatic rings. The van der Waals surface area contributed by atoms with Gasteiger partial charge in [-0.15, -0.1) is 0 Å². The molecular formula is C26H22ClFN6. The van der Waals surface area contributed by atoms with Crippen LogP contribution in [-0.4, -0.2) is 25.4 Å². The van der Waals surface area contributed by atoms with E-state index in [2.05, 4.69) is 20.6 Å². The zero-order valence-corrected chi connectivity index (χ0v) is 19.1. The maximum absolute atomic E-state index is 14.2. The summed E-state index contributed by atoms with van der Waals surface area (Å²) in [5, 5.41) is 7.56. The number of hydrogen-bond acceptors (Lipinski definition) is 5. The molecule has 3 aromatic heterocycles. The number of aromatic nitrogens is 4. The van der Waals surface area contributed by atoms with E-state index >= 15 is 0 Å². The molecular weight excluding hydrogens is 451 g/mol. The van der Waals surface area contributed by atoms with Crippen molar-refractivity contribution in [3.05, 3.63) is 89.1 Å². The van der Waals surface area contributed by atoms with Crippen molar-refractivity contribution in [1.29, 1.82) is 0 Å². The van der Waals surface area contributed by atoms with Gasteiger partial charge in [-0.05, 0) is 48.2 Å². The van der Waals surface area contributed by atoms with E-state index in [1.54, 1.807) is 24.7 Å². The highest BCUT2D eigenvalue weighted by Crippen LogP contribution is 2.31. The second kappa shape index (κ2) is 8.66. The molecule has 0 saturated heterocycles. The van der Waals surface area contributed by atoms with E-state index in [-0.39, 0.29) is 5.82 Å². The van der Waals surface area contributed by atoms with Crippen LogP contribution in [0.3, 0.4) is 0 Å². The van der Waals surface area contributed by atoms with Gasteiger partial charge < -0.3 is 10.6 Å². The van der Waals surface area contributed by atoms with Crippen molar-refractivity contribution in [2.24, 2.45) is 0 Å². The first kappa shape index (κ1) is 21.0. The van der Waals surface area contributed by atoms with E-state index < -0.39 is 0 Å². The van der Waals surface area contributed by atoms with Crippen LogP contribution < -0.4 is 10.6 Å². The summed E-state index contributed by atoms with van der Waals surface area (Å²) in [6, 6.07) is 15.1. The molecule has 6 nitrogen and oxygen atoms in total. The minimum Gasteiger partial charge on any atom is -0.363 e. The Morgan fingerprint density at radius 3 is 2.76 bits per heavy atom. The van der Waals surface area contributed by atoms with Crippen LogP contribution in [0.15, 0.2) is 67.1 Å². The van der Waals surface area contributed by atoms with Gasteiger partial charge in [-0.3, -0.25) is 9.38 Å². The lowest BCUT2D eigenvalue weighted by molar-refractivity contribution is 0.629. The second-order valence-corrected chi connectivity index (χ2v) is 8.98. The molecule has 2 aromatic carbocycles. The Balaban J connectivity index is 1.43. The van der Waals surface area contributed by atoms with Crippen LogP contribution in [0.5, 0.6) is 0 Å². The van der Waals surface area contributed by atoms with Crippen LogP contribution in [-0.2, 0) is 13.1 Å². The van der Waals surface area contributed by atoms with Crippen LogP contribution in [0.25, 0.3) is 27.9 Å². The molecule has 0 aliphatic heterocycles. The normalized spacial score (nSPS) is 13.6. The summed E-state index contributed by atoms with van der Waals surface area (Å²) in [6.07, 6.45) is 7.78. The summed E-state index contributed by atoms with van der Waals surface area (Å²) < 4.78 is 16.2. The molecule has 34 heavy (non-hydrogen) atoms. The summed E-state index contributed by atoms with van der Waals surface area (Å²) in [7, 11) is 0. The summed E-state index contributed by atoms with van der Waals surface area (Å²) in [6.45, 7) is 1.29. The summed E-state index contributed by atoms with van der Waals surface area (Å²) in [4.78, 5) is 13.5. The highest BCUT2D eigenvalue weighted by atomic mass is 35.5. The van der Waals surface area contributed by atoms with E-state index in [4.69, 9.17) is 16.6 Å². The molecule has 170 valence electrons. The van der Waals surface area contributed by atoms with Crippen LogP contribution >= 0.6 is 11.6 Å². The number of nitrogens with one attached hydrogen (secondary N) is 2. The van der Waals surface area contributed by atoms with Crippen LogP contribution in [0.1, 0.15) is 24.0 Å². The number of fused-ring (bicyclic) bond motifs is 3. The molecule has 1 fully saturated rings. The predicted molar refractivity (Wildman–Crippen MR) is 132 cm³/mol. The number of hydrogen-bond donors (Lipinski definition) is 2. The van der Waals surface area contributed by atoms with Crippen molar-refractivity contribution in [2.75, 3.05) is 5.32 Å². The highest BCUT2D eigenvalue weighted by molar-refractivity contribution is 6.31. The Hall–Kier alpha value is -3.55. The number of anilines is 1. The van der Waals surface area contributed by atoms with Crippen molar-refractivity contribution in [1.82, 2.24) is 24.7 Å². The SMILES string of the molecule is Fc1ccc2nc(NCc3cccnc3)c3ncc(-c4ccc(CNC5CC5)c(Cl)c4)n3c2c1. The molecule has 0 unspecified atom stereocenters. The van der Waals surface area contributed by atoms with Gasteiger partial charge in [0.2, 0.25) is 0 Å². The maximum atomic E-state index is 14.2. The molecule has 1 aliphatic rings. The van der Waals surface area contributed by atoms with Crippen molar-refractivity contribution < 1.29 is 4.39 Å². The molecule has 8 heteroatoms. The summed E-state index contributed by atoms with van der Waals surface area (Å²) in [5.74, 6) is 0.288. The fraction of sp³-hybridized carbons (Fsp3) is 0.192. The van der Waals surface area contributed by atoms with Gasteiger partial charge in [-0.25, -0.2) is 14.4 Å². The van der Waals surface area contributed by atoms with E-state index in [0.717, 1.165) is 28.9 Å². The van der Waals surface area contributed by atoms with Crippen molar-refractivity contribution in [3.63, 3.8) is 0 Å². The first-order chi connectivity index (χ1) is 16.7. The van der Waals surface area contributed by atoms with Gasteiger partial charge in [-0.1, -0.05) is 29.8 Å². The molecule has 0 spiro atoms. The molecule has 0 amide bonds. The Morgan fingerprint density at radius 1 is 1.06 bits per heavy atom. The van der Waals surface area contributed by atoms with Gasteiger partial charge in [0.25, 0.3) is 0 Å². The molecule has 6 rings (SSSR count). The van der Waals surface area contributed by atoms with Crippen molar-refractivity contribution in [3.8, 4) is 11.3 Å². The fourth-order valence-electron chi connectivity index (χ4n) is 4.11. The Morgan fingerprint density at radius 2 is 1.97 bits per heavy atom. The third-order valence-corrected chi connectivity index (χ3v) is 6.43. The summed E-state index contributed by atoms with van der Waals surface area (Å²) in [5.41, 5.74) is 5.73. The minimum absolute atomic E-state index is 0.328. The number of halogens is 2. The first-order valence-corrected chi connectivity index (χ1v) is 11.7. The van der Waals surface area contributed by atoms with Crippen molar-refractivity contribution in [2.45, 2.75) is 32.0 Å². The largest absolute Gasteiger partial charge is 0.363 e. The Labute approximate surface area is 200 Å². The highest BCUT2D eigenvalue weighted by Gasteiger charge is 2.21. The standard InChI is InChI=1S/C26H22ClFN6/c27-21-10-17(3-4-18(21)14-30-20-6-7-20)24-15-32-26-25(31-13-16-2-1-9-29-12-16)33-22-8-5-19(28)11-23(22)34(24)26/h1-5,8-12,15,20,30H,6-7,13-14H2,(H,31,33). The zero-order valence-electron chi connectivity index (χ0n) is 18.3. The van der Waals surface area contributed by atoms with E-state index in [1.807, 2.05) is 34.7 Å². The average Bonchev–Trinajstić information content (AvgIpc) is 3.58. The lowest BCUT2D eigenvalue weighted by Gasteiger charge is -2.12. The number of nitrogens with zero attached hydrogens (tertiary/aromatic N) is 4. The maximum Gasteiger partial charge on any atom is 0.181 e. The average molecular weight is 473 g/mol. The smallest absolute Gasteiger partial charge is 0.181 e. The van der Waals surface area contributed by atoms with Gasteiger partial charge in [0.1, 0.15) is 5.82 Å². The Kier molecular flexibility index (Phi) is 5.36. The van der Waals surface area contributed by atoms with Gasteiger partial charge in [0.15, 0.2) is 11.5 Å². The number of benzene rings is 2. The molecule has 0 atom stereocenters. The third kappa shape index (κ3) is 4.08. The van der Waals surface area contributed by atoms with E-state index in [0.29, 0.717) is 40.1 Å². The van der Waals surface area contributed by atoms with Gasteiger partial charge in [0, 0.05) is 48.2 Å². The zero-order chi connectivity index (χ0) is 23.1. The Bertz CT molecular complexity index is 1500. The molecule has 1 aliphatic carbocycles. The quantitative estimate of drug-likeness (QED) is 0.322.